The van der Waals surface area contributed by atoms with E-state index in [-0.39, 0.29) is 0 Å². The van der Waals surface area contributed by atoms with Gasteiger partial charge in [0.05, 0.1) is 13.6 Å². The van der Waals surface area contributed by atoms with Crippen molar-refractivity contribution in [2.24, 2.45) is 5.73 Å². The van der Waals surface area contributed by atoms with Crippen molar-refractivity contribution in [3.63, 3.8) is 0 Å². The Morgan fingerprint density at radius 1 is 1.78 bits per heavy atom. The molecular formula is C7H13N2+. The first kappa shape index (κ1) is 6.52. The van der Waals surface area contributed by atoms with E-state index in [1.54, 1.807) is 0 Å². The van der Waals surface area contributed by atoms with Gasteiger partial charge in [-0.25, -0.2) is 0 Å². The van der Waals surface area contributed by atoms with E-state index >= 15 is 0 Å². The number of quaternary nitrogens is 1. The molecule has 0 aromatic carbocycles. The van der Waals surface area contributed by atoms with E-state index in [9.17, 15) is 0 Å². The lowest BCUT2D eigenvalue weighted by atomic mass is 10.2. The van der Waals surface area contributed by atoms with Crippen LogP contribution in [0.4, 0.5) is 0 Å². The Balaban J connectivity index is 2.63. The summed E-state index contributed by atoms with van der Waals surface area (Å²) in [6.07, 6.45) is 6.29. The van der Waals surface area contributed by atoms with Crippen LogP contribution in [-0.2, 0) is 0 Å². The molecule has 2 nitrogen and oxygen atoms in total. The fourth-order valence-corrected chi connectivity index (χ4v) is 0.945. The number of hydrogen-bond donors (Lipinski definition) is 2. The van der Waals surface area contributed by atoms with Crippen LogP contribution in [0.3, 0.4) is 0 Å². The molecule has 0 aromatic heterocycles. The summed E-state index contributed by atoms with van der Waals surface area (Å²) >= 11 is 0. The third-order valence-electron chi connectivity index (χ3n) is 1.63. The molecular weight excluding hydrogens is 112 g/mol. The second-order valence-corrected chi connectivity index (χ2v) is 2.31. The quantitative estimate of drug-likeness (QED) is 0.458. The summed E-state index contributed by atoms with van der Waals surface area (Å²) in [5.41, 5.74) is 6.76. The Morgan fingerprint density at radius 2 is 2.56 bits per heavy atom. The molecule has 0 aliphatic carbocycles. The Kier molecular flexibility index (Phi) is 2.03. The zero-order valence-corrected chi connectivity index (χ0v) is 5.72. The van der Waals surface area contributed by atoms with Gasteiger partial charge in [-0.3, -0.25) is 0 Å². The van der Waals surface area contributed by atoms with Crippen LogP contribution in [0.1, 0.15) is 0 Å². The number of hydrogen-bond acceptors (Lipinski definition) is 1. The lowest BCUT2D eigenvalue weighted by Gasteiger charge is -2.15. The van der Waals surface area contributed by atoms with Gasteiger partial charge in [0, 0.05) is 0 Å². The fourth-order valence-electron chi connectivity index (χ4n) is 0.945. The van der Waals surface area contributed by atoms with E-state index in [4.69, 9.17) is 5.73 Å². The Labute approximate surface area is 55.6 Å². The maximum atomic E-state index is 5.47. The summed E-state index contributed by atoms with van der Waals surface area (Å²) in [6, 6.07) is 0. The van der Waals surface area contributed by atoms with E-state index in [1.165, 1.54) is 10.6 Å². The molecule has 0 fully saturated rings. The molecule has 0 spiro atoms. The van der Waals surface area contributed by atoms with Gasteiger partial charge < -0.3 is 10.6 Å². The summed E-state index contributed by atoms with van der Waals surface area (Å²) in [4.78, 5) is 1.40. The van der Waals surface area contributed by atoms with Crippen LogP contribution in [-0.4, -0.2) is 20.1 Å². The third kappa shape index (κ3) is 1.40. The van der Waals surface area contributed by atoms with Crippen LogP contribution >= 0.6 is 0 Å². The highest BCUT2D eigenvalue weighted by Gasteiger charge is 2.07. The molecule has 1 atom stereocenters. The topological polar surface area (TPSA) is 30.5 Å². The van der Waals surface area contributed by atoms with Crippen LogP contribution in [0.25, 0.3) is 0 Å². The van der Waals surface area contributed by atoms with Gasteiger partial charge in [0.1, 0.15) is 12.2 Å². The average Bonchev–Trinajstić information content (AvgIpc) is 1.89. The van der Waals surface area contributed by atoms with Crippen molar-refractivity contribution < 1.29 is 4.90 Å². The molecule has 1 unspecified atom stereocenters. The predicted octanol–water partition coefficient (Wildman–Crippen LogP) is -1.09. The van der Waals surface area contributed by atoms with Crippen molar-refractivity contribution in [3.05, 3.63) is 23.9 Å². The van der Waals surface area contributed by atoms with E-state index in [0.29, 0.717) is 6.54 Å². The van der Waals surface area contributed by atoms with E-state index in [2.05, 4.69) is 25.3 Å². The molecule has 50 valence electrons. The second kappa shape index (κ2) is 2.80. The molecule has 2 heteroatoms. The molecule has 0 saturated heterocycles. The molecule has 9 heavy (non-hydrogen) atoms. The average molecular weight is 125 g/mol. The third-order valence-corrected chi connectivity index (χ3v) is 1.63. The first-order valence-corrected chi connectivity index (χ1v) is 3.23. The number of allylic oxidation sites excluding steroid dienone is 2. The zero-order valence-electron chi connectivity index (χ0n) is 5.72. The first-order chi connectivity index (χ1) is 4.34. The maximum Gasteiger partial charge on any atom is 0.121 e. The van der Waals surface area contributed by atoms with Gasteiger partial charge in [-0.2, -0.15) is 0 Å². The van der Waals surface area contributed by atoms with Crippen molar-refractivity contribution in [3.8, 4) is 0 Å². The van der Waals surface area contributed by atoms with Gasteiger partial charge in [0.2, 0.25) is 0 Å². The number of nitrogens with two attached hydrogens (primary N) is 1. The molecule has 0 amide bonds. The standard InChI is InChI=1S/C7H12N2/c1-9-5-3-2-4-7(9)6-8/h2-4H,5-6,8H2,1H3/p+1. The minimum atomic E-state index is 0.677. The number of rotatable bonds is 1. The van der Waals surface area contributed by atoms with Gasteiger partial charge in [0.15, 0.2) is 0 Å². The van der Waals surface area contributed by atoms with Gasteiger partial charge in [-0.05, 0) is 12.2 Å². The summed E-state index contributed by atoms with van der Waals surface area (Å²) < 4.78 is 0. The van der Waals surface area contributed by atoms with Crippen LogP contribution < -0.4 is 10.6 Å². The van der Waals surface area contributed by atoms with Crippen LogP contribution in [0, 0.1) is 0 Å². The summed E-state index contributed by atoms with van der Waals surface area (Å²) in [7, 11) is 2.13. The van der Waals surface area contributed by atoms with Crippen molar-refractivity contribution >= 4 is 0 Å². The first-order valence-electron chi connectivity index (χ1n) is 3.23. The van der Waals surface area contributed by atoms with Crippen LogP contribution in [0.5, 0.6) is 0 Å². The van der Waals surface area contributed by atoms with Gasteiger partial charge >= 0.3 is 0 Å². The van der Waals surface area contributed by atoms with Crippen molar-refractivity contribution in [1.29, 1.82) is 0 Å². The van der Waals surface area contributed by atoms with Crippen LogP contribution in [0.15, 0.2) is 23.9 Å². The molecule has 0 saturated carbocycles. The Morgan fingerprint density at radius 3 is 3.00 bits per heavy atom. The van der Waals surface area contributed by atoms with Crippen molar-refractivity contribution in [2.75, 3.05) is 20.1 Å². The molecule has 3 N–H and O–H groups in total. The van der Waals surface area contributed by atoms with Crippen LogP contribution in [0.2, 0.25) is 0 Å². The lowest BCUT2D eigenvalue weighted by Crippen LogP contribution is -3.07. The Hall–Kier alpha value is -0.600. The number of nitrogens with one attached hydrogen (secondary N) is 1. The smallest absolute Gasteiger partial charge is 0.121 e. The molecule has 0 bridgehead atoms. The molecule has 1 aliphatic rings. The monoisotopic (exact) mass is 125 g/mol. The maximum absolute atomic E-state index is 5.47. The minimum Gasteiger partial charge on any atom is -0.322 e. The summed E-state index contributed by atoms with van der Waals surface area (Å²) in [5, 5.41) is 0. The zero-order chi connectivity index (χ0) is 6.69. The van der Waals surface area contributed by atoms with Gasteiger partial charge in [-0.15, -0.1) is 0 Å². The lowest BCUT2D eigenvalue weighted by molar-refractivity contribution is -0.833. The largest absolute Gasteiger partial charge is 0.322 e. The van der Waals surface area contributed by atoms with Crippen molar-refractivity contribution in [2.45, 2.75) is 0 Å². The molecule has 0 radical (unpaired) electrons. The predicted molar refractivity (Wildman–Crippen MR) is 38.0 cm³/mol. The SMILES string of the molecule is C[NH+]1CC=CC=C1CN. The van der Waals surface area contributed by atoms with Gasteiger partial charge in [0.25, 0.3) is 0 Å². The van der Waals surface area contributed by atoms with E-state index in [1.807, 2.05) is 0 Å². The Bertz CT molecular complexity index is 147. The molecule has 0 aromatic rings. The van der Waals surface area contributed by atoms with Crippen molar-refractivity contribution in [1.82, 2.24) is 0 Å². The van der Waals surface area contributed by atoms with Gasteiger partial charge in [-0.1, -0.05) is 6.08 Å². The minimum absolute atomic E-state index is 0.677. The highest BCUT2D eigenvalue weighted by atomic mass is 15.1. The fraction of sp³-hybridized carbons (Fsp3) is 0.429. The highest BCUT2D eigenvalue weighted by Crippen LogP contribution is 1.85. The number of likely N-dealkylation sites (N-methyl/N-ethyl adjacent to an activating group) is 1. The van der Waals surface area contributed by atoms with E-state index in [0.717, 1.165) is 6.54 Å². The normalized spacial score (nSPS) is 26.0. The molecule has 1 heterocycles. The second-order valence-electron chi connectivity index (χ2n) is 2.31. The molecule has 1 rings (SSSR count). The molecule has 1 aliphatic heterocycles. The van der Waals surface area contributed by atoms with E-state index < -0.39 is 0 Å². The highest BCUT2D eigenvalue weighted by molar-refractivity contribution is 5.10. The summed E-state index contributed by atoms with van der Waals surface area (Å²) in [6.45, 7) is 1.75. The summed E-state index contributed by atoms with van der Waals surface area (Å²) in [5.74, 6) is 0.